The number of carbonyl (C=O) groups is 2. The molecule has 2 saturated heterocycles. The molecule has 32 heavy (non-hydrogen) atoms. The minimum atomic E-state index is -0.242. The highest BCUT2D eigenvalue weighted by Gasteiger charge is 2.27. The lowest BCUT2D eigenvalue weighted by Crippen LogP contribution is -2.49. The SMILES string of the molecule is O=C1CSCCN1C(=O)NCCCN1CCN(C(c2ccccc2)c2ccccc2)CC1. The molecule has 0 saturated carbocycles. The zero-order chi connectivity index (χ0) is 22.2. The van der Waals surface area contributed by atoms with Gasteiger partial charge in [-0.15, -0.1) is 0 Å². The number of imide groups is 1. The van der Waals surface area contributed by atoms with E-state index in [0.717, 1.165) is 44.9 Å². The van der Waals surface area contributed by atoms with Crippen LogP contribution in [0.2, 0.25) is 0 Å². The first-order chi connectivity index (χ1) is 15.7. The summed E-state index contributed by atoms with van der Waals surface area (Å²) in [6.07, 6.45) is 0.892. The number of hydrogen-bond acceptors (Lipinski definition) is 5. The van der Waals surface area contributed by atoms with Crippen LogP contribution in [0.15, 0.2) is 60.7 Å². The average Bonchev–Trinajstić information content (AvgIpc) is 2.84. The normalized spacial score (nSPS) is 18.2. The van der Waals surface area contributed by atoms with Gasteiger partial charge in [0.25, 0.3) is 0 Å². The van der Waals surface area contributed by atoms with Gasteiger partial charge in [0.15, 0.2) is 0 Å². The van der Waals surface area contributed by atoms with Crippen LogP contribution in [0, 0.1) is 0 Å². The van der Waals surface area contributed by atoms with Gasteiger partial charge in [-0.1, -0.05) is 60.7 Å². The summed E-state index contributed by atoms with van der Waals surface area (Å²) in [5.41, 5.74) is 2.67. The molecule has 1 N–H and O–H groups in total. The van der Waals surface area contributed by atoms with Gasteiger partial charge in [0, 0.05) is 45.0 Å². The lowest BCUT2D eigenvalue weighted by Gasteiger charge is -2.40. The third-order valence-electron chi connectivity index (χ3n) is 6.16. The van der Waals surface area contributed by atoms with Crippen LogP contribution in [0.1, 0.15) is 23.6 Å². The van der Waals surface area contributed by atoms with E-state index in [9.17, 15) is 9.59 Å². The van der Waals surface area contributed by atoms with Crippen molar-refractivity contribution >= 4 is 23.7 Å². The maximum atomic E-state index is 12.2. The number of amides is 3. The number of hydrogen-bond donors (Lipinski definition) is 1. The van der Waals surface area contributed by atoms with E-state index < -0.39 is 0 Å². The second-order valence-corrected chi connectivity index (χ2v) is 9.39. The van der Waals surface area contributed by atoms with Crippen LogP contribution in [0.5, 0.6) is 0 Å². The lowest BCUT2D eigenvalue weighted by atomic mass is 9.96. The second-order valence-electron chi connectivity index (χ2n) is 8.28. The summed E-state index contributed by atoms with van der Waals surface area (Å²) in [6, 6.07) is 21.5. The van der Waals surface area contributed by atoms with E-state index in [0.29, 0.717) is 18.8 Å². The number of urea groups is 1. The largest absolute Gasteiger partial charge is 0.338 e. The summed E-state index contributed by atoms with van der Waals surface area (Å²) in [6.45, 7) is 6.15. The molecule has 0 unspecified atom stereocenters. The van der Waals surface area contributed by atoms with Crippen LogP contribution in [-0.2, 0) is 4.79 Å². The fourth-order valence-corrected chi connectivity index (χ4v) is 5.24. The van der Waals surface area contributed by atoms with Gasteiger partial charge < -0.3 is 10.2 Å². The van der Waals surface area contributed by atoms with Crippen LogP contribution >= 0.6 is 11.8 Å². The van der Waals surface area contributed by atoms with Gasteiger partial charge in [-0.2, -0.15) is 11.8 Å². The predicted molar refractivity (Wildman–Crippen MR) is 130 cm³/mol. The van der Waals surface area contributed by atoms with E-state index in [4.69, 9.17) is 0 Å². The summed E-state index contributed by atoms with van der Waals surface area (Å²) in [7, 11) is 0. The number of rotatable bonds is 7. The van der Waals surface area contributed by atoms with Crippen LogP contribution in [0.4, 0.5) is 4.79 Å². The van der Waals surface area contributed by atoms with E-state index in [-0.39, 0.29) is 18.0 Å². The molecule has 0 aliphatic carbocycles. The first kappa shape index (κ1) is 22.8. The van der Waals surface area contributed by atoms with Crippen LogP contribution in [0.3, 0.4) is 0 Å². The molecule has 2 aliphatic heterocycles. The summed E-state index contributed by atoms with van der Waals surface area (Å²) in [5.74, 6) is 1.15. The van der Waals surface area contributed by atoms with Crippen LogP contribution in [0.25, 0.3) is 0 Å². The van der Waals surface area contributed by atoms with Crippen molar-refractivity contribution in [3.05, 3.63) is 71.8 Å². The van der Waals surface area contributed by atoms with Crippen molar-refractivity contribution in [1.82, 2.24) is 20.0 Å². The van der Waals surface area contributed by atoms with Crippen molar-refractivity contribution in [3.8, 4) is 0 Å². The Balaban J connectivity index is 1.24. The number of piperazine rings is 1. The maximum absolute atomic E-state index is 12.2. The lowest BCUT2D eigenvalue weighted by molar-refractivity contribution is -0.125. The van der Waals surface area contributed by atoms with Gasteiger partial charge in [-0.05, 0) is 24.1 Å². The zero-order valence-corrected chi connectivity index (χ0v) is 19.3. The highest BCUT2D eigenvalue weighted by Crippen LogP contribution is 2.29. The first-order valence-corrected chi connectivity index (χ1v) is 12.6. The summed E-state index contributed by atoms with van der Waals surface area (Å²) < 4.78 is 0. The van der Waals surface area contributed by atoms with Gasteiger partial charge in [0.2, 0.25) is 5.91 Å². The first-order valence-electron chi connectivity index (χ1n) is 11.4. The second kappa shape index (κ2) is 11.5. The Morgan fingerprint density at radius 3 is 2.12 bits per heavy atom. The van der Waals surface area contributed by atoms with Crippen molar-refractivity contribution < 1.29 is 9.59 Å². The van der Waals surface area contributed by atoms with E-state index in [1.54, 1.807) is 11.8 Å². The standard InChI is InChI=1S/C25H32N4O2S/c30-23-20-32-19-18-29(23)25(31)26-12-7-13-27-14-16-28(17-15-27)24(21-8-3-1-4-9-21)22-10-5-2-6-11-22/h1-6,8-11,24H,7,12-20H2,(H,26,31). The van der Waals surface area contributed by atoms with Crippen molar-refractivity contribution in [2.45, 2.75) is 12.5 Å². The van der Waals surface area contributed by atoms with E-state index in [1.165, 1.54) is 16.0 Å². The molecule has 0 spiro atoms. The van der Waals surface area contributed by atoms with Gasteiger partial charge in [0.05, 0.1) is 11.8 Å². The Labute approximate surface area is 194 Å². The minimum absolute atomic E-state index is 0.0822. The van der Waals surface area contributed by atoms with Crippen molar-refractivity contribution in [1.29, 1.82) is 0 Å². The Kier molecular flexibility index (Phi) is 8.20. The summed E-state index contributed by atoms with van der Waals surface area (Å²) in [4.78, 5) is 30.4. The Bertz CT molecular complexity index is 833. The highest BCUT2D eigenvalue weighted by atomic mass is 32.2. The number of carbonyl (C=O) groups excluding carboxylic acids is 2. The molecule has 0 aromatic heterocycles. The molecular weight excluding hydrogens is 420 g/mol. The smallest absolute Gasteiger partial charge is 0.324 e. The fraction of sp³-hybridized carbons (Fsp3) is 0.440. The molecule has 0 atom stereocenters. The Hall–Kier alpha value is -2.35. The highest BCUT2D eigenvalue weighted by molar-refractivity contribution is 8.00. The number of benzene rings is 2. The molecule has 170 valence electrons. The Morgan fingerprint density at radius 2 is 1.53 bits per heavy atom. The van der Waals surface area contributed by atoms with Crippen LogP contribution in [-0.4, -0.2) is 84.0 Å². The molecular formula is C25H32N4O2S. The molecule has 6 nitrogen and oxygen atoms in total. The third kappa shape index (κ3) is 5.91. The number of thioether (sulfide) groups is 1. The molecule has 2 aromatic carbocycles. The molecule has 0 bridgehead atoms. The van der Waals surface area contributed by atoms with Crippen molar-refractivity contribution in [2.75, 3.05) is 57.3 Å². The van der Waals surface area contributed by atoms with Crippen molar-refractivity contribution in [2.24, 2.45) is 0 Å². The Morgan fingerprint density at radius 1 is 0.906 bits per heavy atom. The quantitative estimate of drug-likeness (QED) is 0.655. The van der Waals surface area contributed by atoms with Crippen LogP contribution < -0.4 is 5.32 Å². The topological polar surface area (TPSA) is 55.9 Å². The van der Waals surface area contributed by atoms with Gasteiger partial charge in [-0.25, -0.2) is 4.79 Å². The van der Waals surface area contributed by atoms with Gasteiger partial charge >= 0.3 is 6.03 Å². The van der Waals surface area contributed by atoms with E-state index >= 15 is 0 Å². The summed E-state index contributed by atoms with van der Waals surface area (Å²) >= 11 is 1.59. The molecule has 2 aliphatic rings. The molecule has 7 heteroatoms. The van der Waals surface area contributed by atoms with Gasteiger partial charge in [0.1, 0.15) is 0 Å². The molecule has 2 fully saturated rings. The average molecular weight is 453 g/mol. The summed E-state index contributed by atoms with van der Waals surface area (Å²) in [5, 5.41) is 2.91. The maximum Gasteiger partial charge on any atom is 0.324 e. The monoisotopic (exact) mass is 452 g/mol. The molecule has 4 rings (SSSR count). The van der Waals surface area contributed by atoms with E-state index in [2.05, 4.69) is 75.8 Å². The molecule has 2 heterocycles. The third-order valence-corrected chi connectivity index (χ3v) is 7.08. The number of nitrogens with one attached hydrogen (secondary N) is 1. The van der Waals surface area contributed by atoms with E-state index in [1.807, 2.05) is 0 Å². The molecule has 3 amide bonds. The van der Waals surface area contributed by atoms with Gasteiger partial charge in [-0.3, -0.25) is 14.6 Å². The fourth-order valence-electron chi connectivity index (χ4n) is 4.46. The van der Waals surface area contributed by atoms with Crippen molar-refractivity contribution in [3.63, 3.8) is 0 Å². The number of nitrogens with zero attached hydrogens (tertiary/aromatic N) is 3. The molecule has 0 radical (unpaired) electrons. The molecule has 2 aromatic rings. The predicted octanol–water partition coefficient (Wildman–Crippen LogP) is 3.07. The minimum Gasteiger partial charge on any atom is -0.338 e. The zero-order valence-electron chi connectivity index (χ0n) is 18.5.